The van der Waals surface area contributed by atoms with E-state index in [0.717, 1.165) is 16.7 Å². The summed E-state index contributed by atoms with van der Waals surface area (Å²) in [6, 6.07) is 7.57. The van der Waals surface area contributed by atoms with Gasteiger partial charge in [-0.25, -0.2) is 4.98 Å². The zero-order chi connectivity index (χ0) is 20.6. The van der Waals surface area contributed by atoms with E-state index in [1.54, 1.807) is 26.5 Å². The SMILES string of the molecule is COc1cc(CN)ccc1-c1cc(Cl)cnc1OC.O=C(O)CC(F)(F)F. The van der Waals surface area contributed by atoms with Crippen molar-refractivity contribution in [3.63, 3.8) is 0 Å². The van der Waals surface area contributed by atoms with Crippen LogP contribution in [0.2, 0.25) is 5.02 Å². The van der Waals surface area contributed by atoms with Crippen molar-refractivity contribution in [3.8, 4) is 22.8 Å². The lowest BCUT2D eigenvalue weighted by atomic mass is 10.0. The van der Waals surface area contributed by atoms with Crippen molar-refractivity contribution in [2.75, 3.05) is 14.2 Å². The Balaban J connectivity index is 0.000000387. The molecule has 10 heteroatoms. The zero-order valence-corrected chi connectivity index (χ0v) is 15.3. The van der Waals surface area contributed by atoms with Gasteiger partial charge in [0, 0.05) is 23.9 Å². The van der Waals surface area contributed by atoms with Crippen LogP contribution in [0.1, 0.15) is 12.0 Å². The molecule has 2 rings (SSSR count). The molecule has 1 aromatic carbocycles. The molecule has 0 saturated carbocycles. The first-order valence-corrected chi connectivity index (χ1v) is 7.84. The summed E-state index contributed by atoms with van der Waals surface area (Å²) in [5.41, 5.74) is 8.28. The van der Waals surface area contributed by atoms with Gasteiger partial charge in [-0.05, 0) is 17.7 Å². The predicted octanol–water partition coefficient (Wildman–Crippen LogP) is 3.90. The molecule has 0 bridgehead atoms. The molecule has 0 aliphatic rings. The van der Waals surface area contributed by atoms with Crippen LogP contribution in [0.25, 0.3) is 11.1 Å². The summed E-state index contributed by atoms with van der Waals surface area (Å²) in [5.74, 6) is -0.633. The lowest BCUT2D eigenvalue weighted by Gasteiger charge is -2.13. The number of nitrogens with zero attached hydrogens (tertiary/aromatic N) is 1. The Bertz CT molecular complexity index is 785. The fourth-order valence-electron chi connectivity index (χ4n) is 2.04. The molecule has 0 spiro atoms. The molecular weight excluding hydrogens is 389 g/mol. The number of pyridine rings is 1. The van der Waals surface area contributed by atoms with Crippen LogP contribution >= 0.6 is 11.6 Å². The van der Waals surface area contributed by atoms with Crippen LogP contribution in [-0.2, 0) is 11.3 Å². The van der Waals surface area contributed by atoms with Crippen LogP contribution in [0.5, 0.6) is 11.6 Å². The molecule has 0 aliphatic heterocycles. The Labute approximate surface area is 158 Å². The second kappa shape index (κ2) is 9.98. The number of hydrogen-bond donors (Lipinski definition) is 2. The molecule has 27 heavy (non-hydrogen) atoms. The Kier molecular flexibility index (Phi) is 8.32. The first-order valence-electron chi connectivity index (χ1n) is 7.46. The van der Waals surface area contributed by atoms with Crippen molar-refractivity contribution in [1.29, 1.82) is 0 Å². The third kappa shape index (κ3) is 7.32. The summed E-state index contributed by atoms with van der Waals surface area (Å²) in [7, 11) is 3.18. The van der Waals surface area contributed by atoms with Gasteiger partial charge in [0.15, 0.2) is 0 Å². The number of rotatable bonds is 5. The van der Waals surface area contributed by atoms with E-state index in [9.17, 15) is 18.0 Å². The van der Waals surface area contributed by atoms with Crippen molar-refractivity contribution in [2.45, 2.75) is 19.1 Å². The van der Waals surface area contributed by atoms with E-state index in [2.05, 4.69) is 4.98 Å². The fraction of sp³-hybridized carbons (Fsp3) is 0.294. The van der Waals surface area contributed by atoms with Gasteiger partial charge in [-0.2, -0.15) is 13.2 Å². The van der Waals surface area contributed by atoms with E-state index in [4.69, 9.17) is 31.9 Å². The number of methoxy groups -OCH3 is 2. The van der Waals surface area contributed by atoms with Gasteiger partial charge < -0.3 is 20.3 Å². The molecule has 0 unspecified atom stereocenters. The van der Waals surface area contributed by atoms with E-state index >= 15 is 0 Å². The van der Waals surface area contributed by atoms with Gasteiger partial charge in [-0.3, -0.25) is 4.79 Å². The van der Waals surface area contributed by atoms with E-state index in [0.29, 0.717) is 23.2 Å². The van der Waals surface area contributed by atoms with Crippen molar-refractivity contribution in [3.05, 3.63) is 41.0 Å². The van der Waals surface area contributed by atoms with Gasteiger partial charge in [0.25, 0.3) is 0 Å². The number of nitrogens with two attached hydrogens (primary N) is 1. The van der Waals surface area contributed by atoms with E-state index in [1.807, 2.05) is 18.2 Å². The normalized spacial score (nSPS) is 10.6. The van der Waals surface area contributed by atoms with E-state index < -0.39 is 18.6 Å². The fourth-order valence-corrected chi connectivity index (χ4v) is 2.20. The monoisotopic (exact) mass is 406 g/mol. The van der Waals surface area contributed by atoms with Crippen molar-refractivity contribution < 1.29 is 32.5 Å². The standard InChI is InChI=1S/C14H15ClN2O2.C3H3F3O2/c1-18-13-5-9(7-16)3-4-11(13)12-6-10(15)8-17-14(12)19-2;4-3(5,6)1-2(7)8/h3-6,8H,7,16H2,1-2H3;1H2,(H,7,8). The Morgan fingerprint density at radius 1 is 1.22 bits per heavy atom. The number of carboxylic acids is 1. The summed E-state index contributed by atoms with van der Waals surface area (Å²) in [6.45, 7) is 0.460. The van der Waals surface area contributed by atoms with Crippen molar-refractivity contribution in [2.24, 2.45) is 5.73 Å². The number of halogens is 4. The molecule has 0 saturated heterocycles. The summed E-state index contributed by atoms with van der Waals surface area (Å²) in [5, 5.41) is 8.07. The van der Waals surface area contributed by atoms with Gasteiger partial charge in [0.05, 0.1) is 19.2 Å². The highest BCUT2D eigenvalue weighted by Gasteiger charge is 2.30. The smallest absolute Gasteiger partial charge is 0.399 e. The number of ether oxygens (including phenoxy) is 2. The van der Waals surface area contributed by atoms with Crippen LogP contribution in [0.15, 0.2) is 30.5 Å². The molecule has 0 amide bonds. The molecule has 1 heterocycles. The number of hydrogen-bond acceptors (Lipinski definition) is 5. The highest BCUT2D eigenvalue weighted by molar-refractivity contribution is 6.30. The minimum Gasteiger partial charge on any atom is -0.496 e. The Morgan fingerprint density at radius 2 is 1.89 bits per heavy atom. The number of alkyl halides is 3. The average Bonchev–Trinajstić information content (AvgIpc) is 2.59. The minimum atomic E-state index is -4.58. The second-order valence-electron chi connectivity index (χ2n) is 5.13. The Morgan fingerprint density at radius 3 is 2.33 bits per heavy atom. The summed E-state index contributed by atoms with van der Waals surface area (Å²) in [4.78, 5) is 13.5. The van der Waals surface area contributed by atoms with Crippen LogP contribution in [-0.4, -0.2) is 36.5 Å². The van der Waals surface area contributed by atoms with E-state index in [-0.39, 0.29) is 0 Å². The minimum absolute atomic E-state index is 0.460. The first kappa shape index (κ1) is 22.5. The van der Waals surface area contributed by atoms with Crippen LogP contribution < -0.4 is 15.2 Å². The summed E-state index contributed by atoms with van der Waals surface area (Å²) >= 11 is 6.00. The molecule has 0 atom stereocenters. The number of aliphatic carboxylic acids is 1. The maximum Gasteiger partial charge on any atom is 0.399 e. The van der Waals surface area contributed by atoms with Gasteiger partial charge in [-0.15, -0.1) is 0 Å². The largest absolute Gasteiger partial charge is 0.496 e. The van der Waals surface area contributed by atoms with Crippen molar-refractivity contribution in [1.82, 2.24) is 4.98 Å². The summed E-state index contributed by atoms with van der Waals surface area (Å²) in [6.07, 6.45) is -4.79. The molecule has 0 fully saturated rings. The quantitative estimate of drug-likeness (QED) is 0.782. The van der Waals surface area contributed by atoms with Gasteiger partial charge in [0.2, 0.25) is 5.88 Å². The number of carboxylic acid groups (broad SMARTS) is 1. The Hall–Kier alpha value is -2.52. The van der Waals surface area contributed by atoms with Crippen LogP contribution in [0.3, 0.4) is 0 Å². The van der Waals surface area contributed by atoms with Gasteiger partial charge in [0.1, 0.15) is 12.2 Å². The van der Waals surface area contributed by atoms with E-state index in [1.165, 1.54) is 0 Å². The topological polar surface area (TPSA) is 94.7 Å². The maximum atomic E-state index is 10.9. The maximum absolute atomic E-state index is 10.9. The number of carbonyl (C=O) groups is 1. The predicted molar refractivity (Wildman–Crippen MR) is 94.0 cm³/mol. The third-order valence-electron chi connectivity index (χ3n) is 3.15. The second-order valence-corrected chi connectivity index (χ2v) is 5.57. The highest BCUT2D eigenvalue weighted by Crippen LogP contribution is 2.37. The number of benzene rings is 1. The van der Waals surface area contributed by atoms with Gasteiger partial charge in [-0.1, -0.05) is 23.7 Å². The molecule has 2 aromatic rings. The first-order chi connectivity index (χ1) is 12.6. The molecular formula is C17H18ClF3N2O4. The van der Waals surface area contributed by atoms with Gasteiger partial charge >= 0.3 is 12.1 Å². The third-order valence-corrected chi connectivity index (χ3v) is 3.36. The van der Waals surface area contributed by atoms with Crippen molar-refractivity contribution >= 4 is 17.6 Å². The molecule has 0 aliphatic carbocycles. The lowest BCUT2D eigenvalue weighted by molar-refractivity contribution is -0.166. The lowest BCUT2D eigenvalue weighted by Crippen LogP contribution is -2.13. The highest BCUT2D eigenvalue weighted by atomic mass is 35.5. The molecule has 6 nitrogen and oxygen atoms in total. The molecule has 1 aromatic heterocycles. The number of aromatic nitrogens is 1. The average molecular weight is 407 g/mol. The van der Waals surface area contributed by atoms with Crippen LogP contribution in [0.4, 0.5) is 13.2 Å². The van der Waals surface area contributed by atoms with Crippen LogP contribution in [0, 0.1) is 0 Å². The summed E-state index contributed by atoms with van der Waals surface area (Å²) < 4.78 is 43.4. The molecule has 148 valence electrons. The molecule has 3 N–H and O–H groups in total. The zero-order valence-electron chi connectivity index (χ0n) is 14.5. The molecule has 0 radical (unpaired) electrons.